The third kappa shape index (κ3) is 3.43. The Labute approximate surface area is 110 Å². The van der Waals surface area contributed by atoms with Crippen LogP contribution in [0.15, 0.2) is 17.5 Å². The third-order valence-electron chi connectivity index (χ3n) is 2.79. The Morgan fingerprint density at radius 1 is 1.56 bits per heavy atom. The highest BCUT2D eigenvalue weighted by atomic mass is 32.1. The van der Waals surface area contributed by atoms with Gasteiger partial charge in [-0.2, -0.15) is 0 Å². The van der Waals surface area contributed by atoms with Crippen molar-refractivity contribution in [1.82, 2.24) is 4.90 Å². The first kappa shape index (κ1) is 12.8. The summed E-state index contributed by atoms with van der Waals surface area (Å²) in [4.78, 5) is 24.8. The van der Waals surface area contributed by atoms with Crippen LogP contribution in [-0.2, 0) is 16.1 Å². The smallest absolute Gasteiger partial charge is 0.328 e. The molecule has 1 aromatic heterocycles. The van der Waals surface area contributed by atoms with Crippen LogP contribution in [-0.4, -0.2) is 28.9 Å². The molecule has 0 aromatic carbocycles. The fourth-order valence-electron chi connectivity index (χ4n) is 1.71. The van der Waals surface area contributed by atoms with E-state index in [1.165, 1.54) is 11.3 Å². The maximum absolute atomic E-state index is 11.8. The Kier molecular flexibility index (Phi) is 3.81. The lowest BCUT2D eigenvalue weighted by atomic mass is 10.2. The lowest BCUT2D eigenvalue weighted by Crippen LogP contribution is -2.27. The normalized spacial score (nSPS) is 14.9. The molecule has 0 spiro atoms. The van der Waals surface area contributed by atoms with Gasteiger partial charge in [-0.15, -0.1) is 11.3 Å². The van der Waals surface area contributed by atoms with Crippen LogP contribution in [0.3, 0.4) is 0 Å². The van der Waals surface area contributed by atoms with Gasteiger partial charge in [-0.05, 0) is 35.9 Å². The summed E-state index contributed by atoms with van der Waals surface area (Å²) in [7, 11) is 1.81. The van der Waals surface area contributed by atoms with Gasteiger partial charge in [0, 0.05) is 30.5 Å². The third-order valence-corrected chi connectivity index (χ3v) is 3.73. The van der Waals surface area contributed by atoms with Crippen molar-refractivity contribution in [1.29, 1.82) is 0 Å². The van der Waals surface area contributed by atoms with E-state index in [4.69, 9.17) is 5.11 Å². The molecule has 0 saturated heterocycles. The van der Waals surface area contributed by atoms with Crippen molar-refractivity contribution in [3.05, 3.63) is 28.0 Å². The van der Waals surface area contributed by atoms with Gasteiger partial charge in [0.15, 0.2) is 0 Å². The number of carbonyl (C=O) groups excluding carboxylic acids is 1. The Morgan fingerprint density at radius 3 is 2.89 bits per heavy atom. The van der Waals surface area contributed by atoms with Gasteiger partial charge >= 0.3 is 5.97 Å². The highest BCUT2D eigenvalue weighted by Crippen LogP contribution is 2.31. The summed E-state index contributed by atoms with van der Waals surface area (Å²) in [5.41, 5.74) is 1.04. The van der Waals surface area contributed by atoms with Gasteiger partial charge in [-0.3, -0.25) is 4.79 Å². The van der Waals surface area contributed by atoms with Gasteiger partial charge in [0.25, 0.3) is 0 Å². The number of hydrogen-bond donors (Lipinski definition) is 1. The quantitative estimate of drug-likeness (QED) is 0.830. The lowest BCUT2D eigenvalue weighted by molar-refractivity contribution is -0.132. The SMILES string of the molecule is CN(Cc1csc(C=CC(=O)O)c1)C(=O)C1CC1. The summed E-state index contributed by atoms with van der Waals surface area (Å²) >= 11 is 1.48. The average Bonchev–Trinajstić information content (AvgIpc) is 3.07. The summed E-state index contributed by atoms with van der Waals surface area (Å²) < 4.78 is 0. The molecule has 0 atom stereocenters. The minimum atomic E-state index is -0.953. The van der Waals surface area contributed by atoms with E-state index in [1.807, 2.05) is 18.5 Å². The second-order valence-electron chi connectivity index (χ2n) is 4.50. The van der Waals surface area contributed by atoms with E-state index in [2.05, 4.69) is 0 Å². The van der Waals surface area contributed by atoms with E-state index >= 15 is 0 Å². The standard InChI is InChI=1S/C13H15NO3S/c1-14(13(17)10-2-3-10)7-9-6-11(18-8-9)4-5-12(15)16/h4-6,8,10H,2-3,7H2,1H3,(H,15,16). The van der Waals surface area contributed by atoms with Crippen molar-refractivity contribution < 1.29 is 14.7 Å². The monoisotopic (exact) mass is 265 g/mol. The zero-order valence-corrected chi connectivity index (χ0v) is 10.9. The second kappa shape index (κ2) is 5.35. The van der Waals surface area contributed by atoms with Crippen LogP contribution < -0.4 is 0 Å². The molecule has 1 saturated carbocycles. The number of carboxylic acid groups (broad SMARTS) is 1. The van der Waals surface area contributed by atoms with Crippen molar-refractivity contribution in [2.45, 2.75) is 19.4 Å². The molecular formula is C13H15NO3S. The maximum atomic E-state index is 11.8. The largest absolute Gasteiger partial charge is 0.478 e. The molecule has 1 aromatic rings. The van der Waals surface area contributed by atoms with Gasteiger partial charge in [-0.25, -0.2) is 4.79 Å². The molecule has 18 heavy (non-hydrogen) atoms. The van der Waals surface area contributed by atoms with E-state index in [9.17, 15) is 9.59 Å². The molecule has 0 aliphatic heterocycles. The Balaban J connectivity index is 1.93. The topological polar surface area (TPSA) is 57.6 Å². The van der Waals surface area contributed by atoms with Crippen LogP contribution in [0.5, 0.6) is 0 Å². The van der Waals surface area contributed by atoms with Crippen molar-refractivity contribution >= 4 is 29.3 Å². The van der Waals surface area contributed by atoms with Crippen molar-refractivity contribution in [2.24, 2.45) is 5.92 Å². The molecule has 5 heteroatoms. The number of carbonyl (C=O) groups is 2. The molecule has 1 aliphatic carbocycles. The second-order valence-corrected chi connectivity index (χ2v) is 5.44. The first-order valence-corrected chi connectivity index (χ1v) is 6.67. The Hall–Kier alpha value is -1.62. The van der Waals surface area contributed by atoms with Gasteiger partial charge < -0.3 is 10.0 Å². The minimum Gasteiger partial charge on any atom is -0.478 e. The fourth-order valence-corrected chi connectivity index (χ4v) is 2.51. The molecule has 1 amide bonds. The molecule has 0 radical (unpaired) electrons. The first-order valence-electron chi connectivity index (χ1n) is 5.79. The molecule has 0 bridgehead atoms. The van der Waals surface area contributed by atoms with Crippen LogP contribution in [0.25, 0.3) is 6.08 Å². The lowest BCUT2D eigenvalue weighted by Gasteiger charge is -2.15. The summed E-state index contributed by atoms with van der Waals surface area (Å²) in [6, 6.07) is 1.92. The number of amides is 1. The van der Waals surface area contributed by atoms with Gasteiger partial charge in [0.05, 0.1) is 0 Å². The molecule has 1 aliphatic rings. The average molecular weight is 265 g/mol. The number of carboxylic acids is 1. The number of hydrogen-bond acceptors (Lipinski definition) is 3. The molecular weight excluding hydrogens is 250 g/mol. The highest BCUT2D eigenvalue weighted by molar-refractivity contribution is 7.11. The minimum absolute atomic E-state index is 0.212. The number of rotatable bonds is 5. The molecule has 96 valence electrons. The predicted octanol–water partition coefficient (Wildman–Crippen LogP) is 2.21. The number of thiophene rings is 1. The molecule has 1 fully saturated rings. The van der Waals surface area contributed by atoms with Crippen molar-refractivity contribution in [3.63, 3.8) is 0 Å². The summed E-state index contributed by atoms with van der Waals surface area (Å²) in [5.74, 6) is -0.505. The highest BCUT2D eigenvalue weighted by Gasteiger charge is 2.31. The molecule has 0 unspecified atom stereocenters. The maximum Gasteiger partial charge on any atom is 0.328 e. The Morgan fingerprint density at radius 2 is 2.28 bits per heavy atom. The van der Waals surface area contributed by atoms with Crippen molar-refractivity contribution in [3.8, 4) is 0 Å². The van der Waals surface area contributed by atoms with E-state index in [0.717, 1.165) is 29.4 Å². The van der Waals surface area contributed by atoms with Gasteiger partial charge in [0.1, 0.15) is 0 Å². The van der Waals surface area contributed by atoms with Crippen LogP contribution in [0, 0.1) is 5.92 Å². The first-order chi connectivity index (χ1) is 8.56. The van der Waals surface area contributed by atoms with E-state index in [1.54, 1.807) is 11.0 Å². The van der Waals surface area contributed by atoms with Gasteiger partial charge in [0.2, 0.25) is 5.91 Å². The van der Waals surface area contributed by atoms with Crippen LogP contribution in [0.1, 0.15) is 23.3 Å². The van der Waals surface area contributed by atoms with Crippen molar-refractivity contribution in [2.75, 3.05) is 7.05 Å². The number of nitrogens with zero attached hydrogens (tertiary/aromatic N) is 1. The number of aliphatic carboxylic acids is 1. The molecule has 4 nitrogen and oxygen atoms in total. The van der Waals surface area contributed by atoms with Crippen LogP contribution >= 0.6 is 11.3 Å². The zero-order valence-electron chi connectivity index (χ0n) is 10.1. The summed E-state index contributed by atoms with van der Waals surface area (Å²) in [5, 5.41) is 10.5. The van der Waals surface area contributed by atoms with E-state index < -0.39 is 5.97 Å². The zero-order chi connectivity index (χ0) is 13.1. The van der Waals surface area contributed by atoms with Gasteiger partial charge in [-0.1, -0.05) is 0 Å². The predicted molar refractivity (Wildman–Crippen MR) is 70.2 cm³/mol. The van der Waals surface area contributed by atoms with Crippen LogP contribution in [0.2, 0.25) is 0 Å². The fraction of sp³-hybridized carbons (Fsp3) is 0.385. The summed E-state index contributed by atoms with van der Waals surface area (Å²) in [6.07, 6.45) is 4.71. The van der Waals surface area contributed by atoms with E-state index in [0.29, 0.717) is 6.54 Å². The molecule has 1 N–H and O–H groups in total. The summed E-state index contributed by atoms with van der Waals surface area (Å²) in [6.45, 7) is 0.590. The molecule has 1 heterocycles. The Bertz CT molecular complexity index is 488. The van der Waals surface area contributed by atoms with E-state index in [-0.39, 0.29) is 11.8 Å². The molecule has 2 rings (SSSR count). The van der Waals surface area contributed by atoms with Crippen LogP contribution in [0.4, 0.5) is 0 Å².